The summed E-state index contributed by atoms with van der Waals surface area (Å²) in [7, 11) is 0. The molecule has 10 aromatic rings. The van der Waals surface area contributed by atoms with Crippen LogP contribution in [-0.4, -0.2) is 21.0 Å². The molecule has 6 heteroatoms. The van der Waals surface area contributed by atoms with Crippen molar-refractivity contribution in [2.75, 3.05) is 4.90 Å². The minimum atomic E-state index is 0.0987. The van der Waals surface area contributed by atoms with Gasteiger partial charge in [-0.05, 0) is 65.2 Å². The van der Waals surface area contributed by atoms with Gasteiger partial charge in [0, 0.05) is 55.7 Å². The second-order valence-corrected chi connectivity index (χ2v) is 14.7. The smallest absolute Gasteiger partial charge is 0.164 e. The number of nitrogens with zero attached hydrogens (tertiary/aromatic N) is 4. The zero-order chi connectivity index (χ0) is 37.5. The zero-order valence-corrected chi connectivity index (χ0v) is 30.6. The summed E-state index contributed by atoms with van der Waals surface area (Å²) in [6.07, 6.45) is 4.45. The molecule has 1 aliphatic heterocycles. The van der Waals surface area contributed by atoms with Crippen LogP contribution in [0, 0.1) is 0 Å². The minimum absolute atomic E-state index is 0.0987. The number of rotatable bonds is 5. The molecule has 4 heterocycles. The van der Waals surface area contributed by atoms with Crippen molar-refractivity contribution in [1.82, 2.24) is 15.0 Å². The van der Waals surface area contributed by atoms with Gasteiger partial charge in [0.2, 0.25) is 0 Å². The molecule has 0 saturated carbocycles. The molecule has 2 unspecified atom stereocenters. The molecule has 0 N–H and O–H groups in total. The molecule has 6 nitrogen and oxygen atoms in total. The number of fused-ring (bicyclic) bond motifs is 10. The molecule has 0 spiro atoms. The number of para-hydroxylation sites is 2. The van der Waals surface area contributed by atoms with E-state index in [4.69, 9.17) is 23.8 Å². The van der Waals surface area contributed by atoms with Crippen molar-refractivity contribution in [2.24, 2.45) is 0 Å². The largest absolute Gasteiger partial charge is 0.456 e. The van der Waals surface area contributed by atoms with Crippen molar-refractivity contribution in [3.8, 4) is 45.3 Å². The lowest BCUT2D eigenvalue weighted by atomic mass is 9.82. The molecule has 268 valence electrons. The van der Waals surface area contributed by atoms with Crippen LogP contribution in [0.4, 0.5) is 11.4 Å². The van der Waals surface area contributed by atoms with Crippen LogP contribution < -0.4 is 4.90 Å². The molecule has 0 amide bonds. The lowest BCUT2D eigenvalue weighted by Crippen LogP contribution is -2.30. The van der Waals surface area contributed by atoms with E-state index < -0.39 is 0 Å². The summed E-state index contributed by atoms with van der Waals surface area (Å²) in [4.78, 5) is 17.6. The van der Waals surface area contributed by atoms with E-state index in [1.54, 1.807) is 0 Å². The van der Waals surface area contributed by atoms with Gasteiger partial charge >= 0.3 is 0 Å². The van der Waals surface area contributed by atoms with Crippen LogP contribution in [0.3, 0.4) is 0 Å². The predicted molar refractivity (Wildman–Crippen MR) is 228 cm³/mol. The van der Waals surface area contributed by atoms with Gasteiger partial charge in [-0.15, -0.1) is 0 Å². The second-order valence-electron chi connectivity index (χ2n) is 14.7. The van der Waals surface area contributed by atoms with Gasteiger partial charge in [0.25, 0.3) is 0 Å². The Kier molecular flexibility index (Phi) is 6.95. The summed E-state index contributed by atoms with van der Waals surface area (Å²) in [6.45, 7) is 0. The lowest BCUT2D eigenvalue weighted by molar-refractivity contribution is 0.584. The van der Waals surface area contributed by atoms with Crippen molar-refractivity contribution in [1.29, 1.82) is 0 Å². The number of furan rings is 2. The molecule has 0 radical (unpaired) electrons. The third-order valence-corrected chi connectivity index (χ3v) is 11.5. The van der Waals surface area contributed by atoms with Gasteiger partial charge < -0.3 is 13.7 Å². The van der Waals surface area contributed by atoms with E-state index in [9.17, 15) is 0 Å². The number of benzene rings is 7. The zero-order valence-electron chi connectivity index (χ0n) is 30.6. The van der Waals surface area contributed by atoms with Crippen LogP contribution in [-0.2, 0) is 0 Å². The molecule has 2 atom stereocenters. The summed E-state index contributed by atoms with van der Waals surface area (Å²) in [5, 5.41) is 3.24. The molecule has 0 bridgehead atoms. The molecular weight excluding hydrogens is 701 g/mol. The Morgan fingerprint density at radius 3 is 1.75 bits per heavy atom. The molecule has 0 fully saturated rings. The Bertz CT molecular complexity index is 3200. The van der Waals surface area contributed by atoms with Crippen molar-refractivity contribution >= 4 is 50.4 Å². The molecular formula is C51H32N4O2. The second kappa shape index (κ2) is 12.5. The van der Waals surface area contributed by atoms with Crippen LogP contribution >= 0.6 is 0 Å². The fraction of sp³-hybridized carbons (Fsp3) is 0.0392. The van der Waals surface area contributed by atoms with E-state index in [1.165, 1.54) is 27.9 Å². The van der Waals surface area contributed by atoms with E-state index in [1.807, 2.05) is 54.6 Å². The number of aromatic nitrogens is 3. The minimum Gasteiger partial charge on any atom is -0.456 e. The summed E-state index contributed by atoms with van der Waals surface area (Å²) >= 11 is 0. The quantitative estimate of drug-likeness (QED) is 0.175. The highest BCUT2D eigenvalue weighted by Crippen LogP contribution is 2.53. The van der Waals surface area contributed by atoms with E-state index in [2.05, 4.69) is 132 Å². The Balaban J connectivity index is 0.948. The highest BCUT2D eigenvalue weighted by atomic mass is 16.3. The first-order chi connectivity index (χ1) is 28.2. The van der Waals surface area contributed by atoms with E-state index >= 15 is 0 Å². The molecule has 57 heavy (non-hydrogen) atoms. The van der Waals surface area contributed by atoms with E-state index in [-0.39, 0.29) is 12.0 Å². The number of hydrogen-bond donors (Lipinski definition) is 0. The van der Waals surface area contributed by atoms with E-state index in [0.717, 1.165) is 61.0 Å². The molecule has 1 aliphatic carbocycles. The van der Waals surface area contributed by atoms with Crippen molar-refractivity contribution < 1.29 is 8.83 Å². The van der Waals surface area contributed by atoms with Gasteiger partial charge in [-0.25, -0.2) is 15.0 Å². The summed E-state index contributed by atoms with van der Waals surface area (Å²) in [5.41, 5.74) is 12.4. The van der Waals surface area contributed by atoms with Crippen LogP contribution in [0.5, 0.6) is 0 Å². The van der Waals surface area contributed by atoms with Gasteiger partial charge in [0.1, 0.15) is 22.5 Å². The SMILES string of the molecule is C1=CC2C(c3ccccc3N2c2ccc(-c3ccccc3)cc2)c2c1oc1cc(-c3nc(-c4ccccc4)nc(-c4ccc5c(c4)oc4ccccc45)n3)ccc21. The molecule has 3 aromatic heterocycles. The average Bonchev–Trinajstić information content (AvgIpc) is 3.95. The van der Waals surface area contributed by atoms with Crippen molar-refractivity contribution in [2.45, 2.75) is 12.0 Å². The van der Waals surface area contributed by atoms with Crippen LogP contribution in [0.25, 0.3) is 84.3 Å². The Hall–Kier alpha value is -7.57. The molecule has 12 rings (SSSR count). The highest BCUT2D eigenvalue weighted by molar-refractivity contribution is 6.05. The summed E-state index contributed by atoms with van der Waals surface area (Å²) in [5.74, 6) is 2.74. The monoisotopic (exact) mass is 732 g/mol. The molecule has 2 aliphatic rings. The topological polar surface area (TPSA) is 68.2 Å². The standard InChI is InChI=1S/C51H32N4O2/c1-3-11-31(12-4-1)32-19-23-36(24-20-32)55-41-17-9-7-16-39(41)47-42(55)27-28-44-48(47)40-26-22-35(30-46(40)57-44)51-53-49(33-13-5-2-6-14-33)52-50(54-51)34-21-25-38-37-15-8-10-18-43(37)56-45(38)29-34/h1-30,42,47H. The number of anilines is 2. The van der Waals surface area contributed by atoms with Gasteiger partial charge in [0.15, 0.2) is 17.5 Å². The van der Waals surface area contributed by atoms with Gasteiger partial charge in [-0.2, -0.15) is 0 Å². The van der Waals surface area contributed by atoms with Crippen molar-refractivity contribution in [3.05, 3.63) is 193 Å². The van der Waals surface area contributed by atoms with E-state index in [0.29, 0.717) is 17.5 Å². The maximum absolute atomic E-state index is 6.70. The Morgan fingerprint density at radius 1 is 0.439 bits per heavy atom. The third-order valence-electron chi connectivity index (χ3n) is 11.5. The predicted octanol–water partition coefficient (Wildman–Crippen LogP) is 12.9. The lowest BCUT2D eigenvalue weighted by Gasteiger charge is -2.30. The highest BCUT2D eigenvalue weighted by Gasteiger charge is 2.43. The summed E-state index contributed by atoms with van der Waals surface area (Å²) < 4.78 is 12.9. The van der Waals surface area contributed by atoms with Gasteiger partial charge in [-0.1, -0.05) is 133 Å². The maximum atomic E-state index is 6.70. The van der Waals surface area contributed by atoms with Crippen LogP contribution in [0.1, 0.15) is 22.8 Å². The molecule has 7 aromatic carbocycles. The fourth-order valence-electron chi connectivity index (χ4n) is 8.86. The Morgan fingerprint density at radius 2 is 1.00 bits per heavy atom. The Labute approximate surface area is 328 Å². The third kappa shape index (κ3) is 5.07. The normalized spacial score (nSPS) is 15.6. The van der Waals surface area contributed by atoms with Gasteiger partial charge in [0.05, 0.1) is 6.04 Å². The average molecular weight is 733 g/mol. The van der Waals surface area contributed by atoms with Gasteiger partial charge in [-0.3, -0.25) is 0 Å². The van der Waals surface area contributed by atoms with Crippen LogP contribution in [0.2, 0.25) is 0 Å². The number of hydrogen-bond acceptors (Lipinski definition) is 6. The fourth-order valence-corrected chi connectivity index (χ4v) is 8.86. The summed E-state index contributed by atoms with van der Waals surface area (Å²) in [6, 6.07) is 59.0. The molecule has 0 saturated heterocycles. The maximum Gasteiger partial charge on any atom is 0.164 e. The van der Waals surface area contributed by atoms with Crippen molar-refractivity contribution in [3.63, 3.8) is 0 Å². The first kappa shape index (κ1) is 31.7. The first-order valence-electron chi connectivity index (χ1n) is 19.3. The first-order valence-corrected chi connectivity index (χ1v) is 19.3. The van der Waals surface area contributed by atoms with Crippen LogP contribution in [0.15, 0.2) is 185 Å².